The van der Waals surface area contributed by atoms with Crippen LogP contribution in [0.4, 0.5) is 4.39 Å². The molecule has 1 fully saturated rings. The number of hydrogen-bond acceptors (Lipinski definition) is 5. The van der Waals surface area contributed by atoms with Crippen molar-refractivity contribution in [2.45, 2.75) is 32.9 Å². The Morgan fingerprint density at radius 3 is 2.41 bits per heavy atom. The zero-order valence-corrected chi connectivity index (χ0v) is 20.1. The first-order valence-electron chi connectivity index (χ1n) is 11.3. The maximum atomic E-state index is 13.4. The van der Waals surface area contributed by atoms with E-state index in [4.69, 9.17) is 9.15 Å². The van der Waals surface area contributed by atoms with Gasteiger partial charge in [-0.1, -0.05) is 13.8 Å². The van der Waals surface area contributed by atoms with Crippen LogP contribution in [0.2, 0.25) is 0 Å². The van der Waals surface area contributed by atoms with Gasteiger partial charge in [-0.15, -0.1) is 0 Å². The van der Waals surface area contributed by atoms with Crippen molar-refractivity contribution in [1.29, 1.82) is 0 Å². The Hall–Kier alpha value is -3.13. The topological polar surface area (TPSA) is 76.8 Å². The number of rotatable bonds is 8. The fourth-order valence-corrected chi connectivity index (χ4v) is 5.64. The Morgan fingerprint density at radius 1 is 1.09 bits per heavy atom. The van der Waals surface area contributed by atoms with Crippen LogP contribution in [0.25, 0.3) is 11.3 Å². The van der Waals surface area contributed by atoms with Crippen LogP contribution in [0.1, 0.15) is 36.4 Å². The lowest BCUT2D eigenvalue weighted by Gasteiger charge is -2.27. The molecule has 180 valence electrons. The average Bonchev–Trinajstić information content (AvgIpc) is 3.42. The van der Waals surface area contributed by atoms with Crippen molar-refractivity contribution < 1.29 is 26.8 Å². The molecule has 1 aromatic heterocycles. The standard InChI is InChI=1S/C26H28FNO5S/c1-18(2)16-32-23-9-5-20(6-10-23)26(29)28(22-13-14-34(30,31)17-22)15-24-11-12-25(33-24)19-3-7-21(27)8-4-19/h3-12,18,22H,13-17H2,1-2H3/t22-/m0/s1. The van der Waals surface area contributed by atoms with E-state index < -0.39 is 15.9 Å². The van der Waals surface area contributed by atoms with E-state index in [0.717, 1.165) is 0 Å². The van der Waals surface area contributed by atoms with Crippen molar-refractivity contribution in [2.24, 2.45) is 5.92 Å². The molecule has 3 aromatic rings. The predicted octanol–water partition coefficient (Wildman–Crippen LogP) is 4.95. The lowest BCUT2D eigenvalue weighted by atomic mass is 10.1. The lowest BCUT2D eigenvalue weighted by molar-refractivity contribution is 0.0666. The minimum Gasteiger partial charge on any atom is -0.493 e. The van der Waals surface area contributed by atoms with Crippen LogP contribution in [-0.2, 0) is 16.4 Å². The number of halogens is 1. The van der Waals surface area contributed by atoms with Crippen molar-refractivity contribution >= 4 is 15.7 Å². The van der Waals surface area contributed by atoms with Gasteiger partial charge >= 0.3 is 0 Å². The Labute approximate surface area is 199 Å². The van der Waals surface area contributed by atoms with Gasteiger partial charge in [0.05, 0.1) is 24.7 Å². The minimum absolute atomic E-state index is 0.0579. The fourth-order valence-electron chi connectivity index (χ4n) is 3.91. The van der Waals surface area contributed by atoms with Crippen molar-refractivity contribution in [1.82, 2.24) is 4.90 Å². The fraction of sp³-hybridized carbons (Fsp3) is 0.346. The second-order valence-corrected chi connectivity index (χ2v) is 11.2. The monoisotopic (exact) mass is 485 g/mol. The molecule has 2 heterocycles. The first-order chi connectivity index (χ1) is 16.2. The van der Waals surface area contributed by atoms with Gasteiger partial charge in [0, 0.05) is 17.2 Å². The molecule has 34 heavy (non-hydrogen) atoms. The van der Waals surface area contributed by atoms with E-state index in [0.29, 0.717) is 47.3 Å². The first-order valence-corrected chi connectivity index (χ1v) is 13.1. The van der Waals surface area contributed by atoms with Crippen molar-refractivity contribution in [3.05, 3.63) is 77.8 Å². The molecule has 6 nitrogen and oxygen atoms in total. The quantitative estimate of drug-likeness (QED) is 0.451. The van der Waals surface area contributed by atoms with Gasteiger partial charge in [-0.2, -0.15) is 0 Å². The zero-order chi connectivity index (χ0) is 24.3. The SMILES string of the molecule is CC(C)COc1ccc(C(=O)N(Cc2ccc(-c3ccc(F)cc3)o2)[C@H]2CCS(=O)(=O)C2)cc1. The molecular formula is C26H28FNO5S. The number of benzene rings is 2. The van der Waals surface area contributed by atoms with Crippen LogP contribution in [-0.4, -0.2) is 43.4 Å². The summed E-state index contributed by atoms with van der Waals surface area (Å²) in [6, 6.07) is 15.9. The maximum absolute atomic E-state index is 13.4. The van der Waals surface area contributed by atoms with Gasteiger partial charge in [0.15, 0.2) is 9.84 Å². The normalized spacial score (nSPS) is 17.1. The molecular weight excluding hydrogens is 457 g/mol. The highest BCUT2D eigenvalue weighted by Gasteiger charge is 2.35. The van der Waals surface area contributed by atoms with Crippen LogP contribution in [0, 0.1) is 11.7 Å². The molecule has 0 bridgehead atoms. The third kappa shape index (κ3) is 5.86. The minimum atomic E-state index is -3.19. The van der Waals surface area contributed by atoms with E-state index in [1.54, 1.807) is 53.4 Å². The first kappa shape index (κ1) is 24.0. The summed E-state index contributed by atoms with van der Waals surface area (Å²) in [6.07, 6.45) is 0.384. The molecule has 1 amide bonds. The summed E-state index contributed by atoms with van der Waals surface area (Å²) >= 11 is 0. The molecule has 1 atom stereocenters. The van der Waals surface area contributed by atoms with E-state index in [9.17, 15) is 17.6 Å². The van der Waals surface area contributed by atoms with Gasteiger partial charge in [0.25, 0.3) is 5.91 Å². The Bertz CT molecular complexity index is 1230. The maximum Gasteiger partial charge on any atom is 0.254 e. The van der Waals surface area contributed by atoms with E-state index in [-0.39, 0.29) is 29.8 Å². The highest BCUT2D eigenvalue weighted by molar-refractivity contribution is 7.91. The molecule has 1 aliphatic rings. The molecule has 4 rings (SSSR count). The lowest BCUT2D eigenvalue weighted by Crippen LogP contribution is -2.40. The van der Waals surface area contributed by atoms with Crippen LogP contribution in [0.5, 0.6) is 5.75 Å². The molecule has 0 aliphatic carbocycles. The second-order valence-electron chi connectivity index (χ2n) is 8.99. The zero-order valence-electron chi connectivity index (χ0n) is 19.2. The van der Waals surface area contributed by atoms with Gasteiger partial charge < -0.3 is 14.1 Å². The number of ether oxygens (including phenoxy) is 1. The molecule has 0 saturated carbocycles. The molecule has 2 aromatic carbocycles. The molecule has 0 spiro atoms. The molecule has 8 heteroatoms. The number of nitrogens with zero attached hydrogens (tertiary/aromatic N) is 1. The summed E-state index contributed by atoms with van der Waals surface area (Å²) < 4.78 is 49.1. The summed E-state index contributed by atoms with van der Waals surface area (Å²) in [5, 5.41) is 0. The van der Waals surface area contributed by atoms with Crippen molar-refractivity contribution in [3.63, 3.8) is 0 Å². The summed E-state index contributed by atoms with van der Waals surface area (Å²) in [7, 11) is -3.19. The molecule has 0 N–H and O–H groups in total. The number of furan rings is 1. The highest BCUT2D eigenvalue weighted by atomic mass is 32.2. The van der Waals surface area contributed by atoms with Crippen LogP contribution >= 0.6 is 0 Å². The van der Waals surface area contributed by atoms with Crippen LogP contribution in [0.15, 0.2) is 65.1 Å². The number of sulfone groups is 1. The summed E-state index contributed by atoms with van der Waals surface area (Å²) in [4.78, 5) is 15.0. The van der Waals surface area contributed by atoms with E-state index in [1.807, 2.05) is 0 Å². The van der Waals surface area contributed by atoms with Gasteiger partial charge in [0.1, 0.15) is 23.1 Å². The van der Waals surface area contributed by atoms with Gasteiger partial charge in [0.2, 0.25) is 0 Å². The van der Waals surface area contributed by atoms with Gasteiger partial charge in [-0.3, -0.25) is 4.79 Å². The van der Waals surface area contributed by atoms with E-state index >= 15 is 0 Å². The van der Waals surface area contributed by atoms with Crippen LogP contribution in [0.3, 0.4) is 0 Å². The summed E-state index contributed by atoms with van der Waals surface area (Å²) in [6.45, 7) is 4.82. The van der Waals surface area contributed by atoms with Crippen molar-refractivity contribution in [2.75, 3.05) is 18.1 Å². The van der Waals surface area contributed by atoms with Gasteiger partial charge in [-0.05, 0) is 73.0 Å². The average molecular weight is 486 g/mol. The van der Waals surface area contributed by atoms with Crippen molar-refractivity contribution in [3.8, 4) is 17.1 Å². The highest BCUT2D eigenvalue weighted by Crippen LogP contribution is 2.27. The third-order valence-corrected chi connectivity index (χ3v) is 7.46. The number of hydrogen-bond donors (Lipinski definition) is 0. The van der Waals surface area contributed by atoms with Crippen LogP contribution < -0.4 is 4.74 Å². The van der Waals surface area contributed by atoms with Gasteiger partial charge in [-0.25, -0.2) is 12.8 Å². The Kier molecular flexibility index (Phi) is 7.07. The molecule has 0 radical (unpaired) electrons. The molecule has 1 aliphatic heterocycles. The Balaban J connectivity index is 1.55. The largest absolute Gasteiger partial charge is 0.493 e. The number of amides is 1. The van der Waals surface area contributed by atoms with E-state index in [1.165, 1.54) is 12.1 Å². The molecule has 1 saturated heterocycles. The number of carbonyl (C=O) groups is 1. The second kappa shape index (κ2) is 10.0. The third-order valence-electron chi connectivity index (χ3n) is 5.71. The predicted molar refractivity (Wildman–Crippen MR) is 128 cm³/mol. The van der Waals surface area contributed by atoms with E-state index in [2.05, 4.69) is 13.8 Å². The summed E-state index contributed by atoms with van der Waals surface area (Å²) in [5.41, 5.74) is 1.16. The number of carbonyl (C=O) groups excluding carboxylic acids is 1. The smallest absolute Gasteiger partial charge is 0.254 e. The molecule has 0 unspecified atom stereocenters. The summed E-state index contributed by atoms with van der Waals surface area (Å²) in [5.74, 6) is 1.52. The Morgan fingerprint density at radius 2 is 1.79 bits per heavy atom.